The van der Waals surface area contributed by atoms with Gasteiger partial charge in [-0.15, -0.1) is 0 Å². The summed E-state index contributed by atoms with van der Waals surface area (Å²) in [5.41, 5.74) is 5.06. The van der Waals surface area contributed by atoms with Gasteiger partial charge in [-0.05, 0) is 35.3 Å². The minimum Gasteiger partial charge on any atom is -0.369 e. The third kappa shape index (κ3) is 4.43. The molecule has 1 rings (SSSR count). The van der Waals surface area contributed by atoms with E-state index in [1.165, 1.54) is 19.2 Å². The monoisotopic (exact) mass is 364 g/mol. The summed E-state index contributed by atoms with van der Waals surface area (Å²) < 4.78 is 27.3. The number of halogens is 1. The maximum atomic E-state index is 12.3. The predicted octanol–water partition coefficient (Wildman–Crippen LogP) is 0.818. The molecule has 112 valence electrons. The molecule has 1 amide bonds. The molecule has 0 aliphatic heterocycles. The van der Waals surface area contributed by atoms with Crippen LogP contribution in [0.1, 0.15) is 20.3 Å². The van der Waals surface area contributed by atoms with Gasteiger partial charge in [0.1, 0.15) is 10.7 Å². The van der Waals surface area contributed by atoms with Crippen LogP contribution in [0.5, 0.6) is 0 Å². The molecular formula is C11H17BrN4O3S. The van der Waals surface area contributed by atoms with Gasteiger partial charge in [-0.2, -0.15) is 4.72 Å². The summed E-state index contributed by atoms with van der Waals surface area (Å²) in [5.74, 6) is -0.515. The normalized spacial score (nSPS) is 12.9. The summed E-state index contributed by atoms with van der Waals surface area (Å²) in [7, 11) is -3.89. The second-order valence-corrected chi connectivity index (χ2v) is 6.77. The lowest BCUT2D eigenvalue weighted by Gasteiger charge is -2.14. The average Bonchev–Trinajstić information content (AvgIpc) is 2.36. The topological polar surface area (TPSA) is 114 Å². The molecule has 9 heteroatoms. The fraction of sp³-hybridized carbons (Fsp3) is 0.455. The van der Waals surface area contributed by atoms with Gasteiger partial charge < -0.3 is 11.1 Å². The SMILES string of the molecule is CCCNc1ncc(Br)cc1S(=O)(=O)NC(C)C(N)=O. The van der Waals surface area contributed by atoms with Crippen molar-refractivity contribution in [3.8, 4) is 0 Å². The molecule has 1 atom stereocenters. The fourth-order valence-corrected chi connectivity index (χ4v) is 3.21. The van der Waals surface area contributed by atoms with Crippen LogP contribution in [0.3, 0.4) is 0 Å². The average molecular weight is 365 g/mol. The summed E-state index contributed by atoms with van der Waals surface area (Å²) in [4.78, 5) is 15.0. The number of amides is 1. The number of sulfonamides is 1. The number of rotatable bonds is 7. The van der Waals surface area contributed by atoms with Crippen LogP contribution < -0.4 is 15.8 Å². The zero-order valence-electron chi connectivity index (χ0n) is 11.2. The zero-order chi connectivity index (χ0) is 15.3. The standard InChI is InChI=1S/C11H17BrN4O3S/c1-3-4-14-11-9(5-8(12)6-15-11)20(18,19)16-7(2)10(13)17/h5-7,16H,3-4H2,1-2H3,(H2,13,17)(H,14,15). The molecule has 20 heavy (non-hydrogen) atoms. The van der Waals surface area contributed by atoms with Gasteiger partial charge in [-0.25, -0.2) is 13.4 Å². The summed E-state index contributed by atoms with van der Waals surface area (Å²) in [5, 5.41) is 2.93. The molecule has 1 aromatic heterocycles. The molecule has 0 saturated heterocycles. The van der Waals surface area contributed by atoms with Crippen molar-refractivity contribution in [1.82, 2.24) is 9.71 Å². The Morgan fingerprint density at radius 1 is 1.55 bits per heavy atom. The molecular weight excluding hydrogens is 348 g/mol. The first kappa shape index (κ1) is 16.9. The Kier molecular flexibility index (Phi) is 5.90. The Hall–Kier alpha value is -1.19. The molecule has 1 aromatic rings. The Morgan fingerprint density at radius 2 is 2.20 bits per heavy atom. The van der Waals surface area contributed by atoms with Crippen molar-refractivity contribution in [2.45, 2.75) is 31.2 Å². The molecule has 0 bridgehead atoms. The lowest BCUT2D eigenvalue weighted by molar-refractivity contribution is -0.119. The number of carbonyl (C=O) groups is 1. The van der Waals surface area contributed by atoms with E-state index in [9.17, 15) is 13.2 Å². The van der Waals surface area contributed by atoms with E-state index in [1.54, 1.807) is 0 Å². The van der Waals surface area contributed by atoms with Crippen LogP contribution in [0.2, 0.25) is 0 Å². The van der Waals surface area contributed by atoms with Crippen molar-refractivity contribution in [2.24, 2.45) is 5.73 Å². The quantitative estimate of drug-likeness (QED) is 0.662. The molecule has 0 aliphatic rings. The Morgan fingerprint density at radius 3 is 2.75 bits per heavy atom. The first-order valence-corrected chi connectivity index (χ1v) is 8.26. The maximum Gasteiger partial charge on any atom is 0.244 e. The first-order chi connectivity index (χ1) is 9.27. The van der Waals surface area contributed by atoms with Gasteiger partial charge in [0.05, 0.1) is 6.04 Å². The minimum atomic E-state index is -3.89. The van der Waals surface area contributed by atoms with Crippen LogP contribution >= 0.6 is 15.9 Å². The van der Waals surface area contributed by atoms with E-state index in [4.69, 9.17) is 5.73 Å². The van der Waals surface area contributed by atoms with Gasteiger partial charge in [0.2, 0.25) is 15.9 Å². The van der Waals surface area contributed by atoms with Gasteiger partial charge >= 0.3 is 0 Å². The van der Waals surface area contributed by atoms with Crippen molar-refractivity contribution in [2.75, 3.05) is 11.9 Å². The number of anilines is 1. The fourth-order valence-electron chi connectivity index (χ4n) is 1.36. The van der Waals surface area contributed by atoms with Crippen LogP contribution in [0.15, 0.2) is 21.6 Å². The number of primary amides is 1. The van der Waals surface area contributed by atoms with Crippen molar-refractivity contribution in [3.05, 3.63) is 16.7 Å². The summed E-state index contributed by atoms with van der Waals surface area (Å²) in [6.07, 6.45) is 2.32. The molecule has 0 radical (unpaired) electrons. The molecule has 7 nitrogen and oxygen atoms in total. The molecule has 1 unspecified atom stereocenters. The number of hydrogen-bond acceptors (Lipinski definition) is 5. The van der Waals surface area contributed by atoms with E-state index in [2.05, 4.69) is 31.0 Å². The van der Waals surface area contributed by atoms with Gasteiger partial charge in [0.25, 0.3) is 0 Å². The molecule has 0 fully saturated rings. The number of hydrogen-bond donors (Lipinski definition) is 3. The zero-order valence-corrected chi connectivity index (χ0v) is 13.6. The first-order valence-electron chi connectivity index (χ1n) is 5.99. The van der Waals surface area contributed by atoms with Gasteiger partial charge in [0, 0.05) is 17.2 Å². The summed E-state index contributed by atoms with van der Waals surface area (Å²) in [6, 6.07) is 0.416. The molecule has 1 heterocycles. The Bertz CT molecular complexity index is 591. The van der Waals surface area contributed by atoms with Crippen molar-refractivity contribution in [3.63, 3.8) is 0 Å². The molecule has 4 N–H and O–H groups in total. The highest BCUT2D eigenvalue weighted by atomic mass is 79.9. The van der Waals surface area contributed by atoms with Crippen molar-refractivity contribution in [1.29, 1.82) is 0 Å². The Balaban J connectivity index is 3.15. The van der Waals surface area contributed by atoms with Gasteiger partial charge in [-0.3, -0.25) is 4.79 Å². The third-order valence-corrected chi connectivity index (χ3v) is 4.40. The van der Waals surface area contributed by atoms with Crippen LogP contribution in [0.4, 0.5) is 5.82 Å². The summed E-state index contributed by atoms with van der Waals surface area (Å²) in [6.45, 7) is 3.92. The number of carbonyl (C=O) groups excluding carboxylic acids is 1. The van der Waals surface area contributed by atoms with Crippen LogP contribution in [0, 0.1) is 0 Å². The molecule has 0 saturated carbocycles. The third-order valence-electron chi connectivity index (χ3n) is 2.41. The number of aromatic nitrogens is 1. The lowest BCUT2D eigenvalue weighted by atomic mass is 10.4. The smallest absolute Gasteiger partial charge is 0.244 e. The molecule has 0 spiro atoms. The number of nitrogens with zero attached hydrogens (tertiary/aromatic N) is 1. The summed E-state index contributed by atoms with van der Waals surface area (Å²) >= 11 is 3.18. The second-order valence-electron chi connectivity index (χ2n) is 4.17. The highest BCUT2D eigenvalue weighted by molar-refractivity contribution is 9.10. The molecule has 0 aromatic carbocycles. The van der Waals surface area contributed by atoms with Crippen LogP contribution in [0.25, 0.3) is 0 Å². The molecule has 0 aliphatic carbocycles. The number of nitrogens with one attached hydrogen (secondary N) is 2. The van der Waals surface area contributed by atoms with Crippen molar-refractivity contribution < 1.29 is 13.2 Å². The Labute approximate surface area is 126 Å². The van der Waals surface area contributed by atoms with Gasteiger partial charge in [-0.1, -0.05) is 6.92 Å². The van der Waals surface area contributed by atoms with Crippen molar-refractivity contribution >= 4 is 37.7 Å². The van der Waals surface area contributed by atoms with Crippen LogP contribution in [-0.2, 0) is 14.8 Å². The van der Waals surface area contributed by atoms with E-state index in [-0.39, 0.29) is 10.7 Å². The maximum absolute atomic E-state index is 12.3. The van der Waals surface area contributed by atoms with E-state index in [0.717, 1.165) is 6.42 Å². The van der Waals surface area contributed by atoms with E-state index < -0.39 is 22.0 Å². The van der Waals surface area contributed by atoms with Crippen LogP contribution in [-0.4, -0.2) is 31.9 Å². The van der Waals surface area contributed by atoms with E-state index in [1.807, 2.05) is 6.92 Å². The predicted molar refractivity (Wildman–Crippen MR) is 79.7 cm³/mol. The minimum absolute atomic E-state index is 0.0339. The largest absolute Gasteiger partial charge is 0.369 e. The second kappa shape index (κ2) is 7.00. The van der Waals surface area contributed by atoms with E-state index >= 15 is 0 Å². The highest BCUT2D eigenvalue weighted by Crippen LogP contribution is 2.23. The highest BCUT2D eigenvalue weighted by Gasteiger charge is 2.24. The number of nitrogens with two attached hydrogens (primary N) is 1. The number of pyridine rings is 1. The van der Waals surface area contributed by atoms with E-state index in [0.29, 0.717) is 11.0 Å². The van der Waals surface area contributed by atoms with Gasteiger partial charge in [0.15, 0.2) is 0 Å². The lowest BCUT2D eigenvalue weighted by Crippen LogP contribution is -2.42.